The molecule has 3 rings (SSSR count). The van der Waals surface area contributed by atoms with Crippen molar-refractivity contribution < 1.29 is 23.8 Å². The van der Waals surface area contributed by atoms with Gasteiger partial charge >= 0.3 is 0 Å². The van der Waals surface area contributed by atoms with Crippen LogP contribution in [0.3, 0.4) is 0 Å². The third-order valence-corrected chi connectivity index (χ3v) is 4.19. The highest BCUT2D eigenvalue weighted by atomic mass is 35.5. The normalized spacial score (nSPS) is 10.7. The number of carbonyl (C=O) groups excluding carboxylic acids is 1. The van der Waals surface area contributed by atoms with Crippen LogP contribution in [0.1, 0.15) is 21.5 Å². The number of hydrogen-bond acceptors (Lipinski definition) is 6. The van der Waals surface area contributed by atoms with E-state index in [9.17, 15) is 9.90 Å². The molecule has 2 aromatic carbocycles. The van der Waals surface area contributed by atoms with Gasteiger partial charge in [0.25, 0.3) is 0 Å². The van der Waals surface area contributed by atoms with Crippen molar-refractivity contribution in [2.75, 3.05) is 28.3 Å². The average Bonchev–Trinajstić information content (AvgIpc) is 3.07. The number of halogens is 1. The average molecular weight is 392 g/mol. The number of methoxy groups -OCH3 is 2. The molecule has 0 aliphatic carbocycles. The second kappa shape index (κ2) is 8.33. The highest BCUT2D eigenvalue weighted by Crippen LogP contribution is 2.35. The number of phenols is 1. The Balaban J connectivity index is 0.00000261. The number of furan rings is 1. The largest absolute Gasteiger partial charge is 0.508 e. The van der Waals surface area contributed by atoms with E-state index < -0.39 is 0 Å². The smallest absolute Gasteiger partial charge is 0.200 e. The van der Waals surface area contributed by atoms with Gasteiger partial charge in [-0.25, -0.2) is 0 Å². The minimum atomic E-state index is -0.259. The second-order valence-corrected chi connectivity index (χ2v) is 6.22. The fourth-order valence-corrected chi connectivity index (χ4v) is 2.97. The van der Waals surface area contributed by atoms with Gasteiger partial charge < -0.3 is 23.9 Å². The van der Waals surface area contributed by atoms with Crippen LogP contribution in [0.15, 0.2) is 41.0 Å². The minimum absolute atomic E-state index is 0. The molecule has 0 saturated heterocycles. The van der Waals surface area contributed by atoms with Crippen LogP contribution in [0, 0.1) is 0 Å². The molecule has 0 aliphatic heterocycles. The zero-order chi connectivity index (χ0) is 18.8. The molecule has 0 aliphatic rings. The van der Waals surface area contributed by atoms with Crippen molar-refractivity contribution in [1.29, 1.82) is 0 Å². The van der Waals surface area contributed by atoms with Gasteiger partial charge in [0, 0.05) is 17.5 Å². The van der Waals surface area contributed by atoms with Crippen LogP contribution >= 0.6 is 12.4 Å². The fraction of sp³-hybridized carbons (Fsp3) is 0.250. The van der Waals surface area contributed by atoms with Crippen LogP contribution in [0.5, 0.6) is 17.2 Å². The molecule has 144 valence electrons. The molecule has 0 radical (unpaired) electrons. The number of hydrogen-bond donors (Lipinski definition) is 1. The molecule has 6 nitrogen and oxygen atoms in total. The third-order valence-electron chi connectivity index (χ3n) is 4.19. The maximum Gasteiger partial charge on any atom is 0.200 e. The molecular formula is C20H22ClNO5. The first kappa shape index (κ1) is 20.6. The summed E-state index contributed by atoms with van der Waals surface area (Å²) in [5.41, 5.74) is 1.93. The molecule has 7 heteroatoms. The molecule has 0 amide bonds. The van der Waals surface area contributed by atoms with Gasteiger partial charge in [-0.15, -0.1) is 12.4 Å². The molecule has 0 fully saturated rings. The summed E-state index contributed by atoms with van der Waals surface area (Å²) < 4.78 is 16.1. The van der Waals surface area contributed by atoms with Gasteiger partial charge in [0.1, 0.15) is 29.1 Å². The van der Waals surface area contributed by atoms with Crippen molar-refractivity contribution in [1.82, 2.24) is 4.90 Å². The Labute approximate surface area is 163 Å². The molecule has 0 bridgehead atoms. The van der Waals surface area contributed by atoms with E-state index in [1.54, 1.807) is 30.3 Å². The summed E-state index contributed by atoms with van der Waals surface area (Å²) in [5.74, 6) is 0.863. The topological polar surface area (TPSA) is 72.1 Å². The van der Waals surface area contributed by atoms with E-state index in [1.807, 2.05) is 19.0 Å². The van der Waals surface area contributed by atoms with Crippen molar-refractivity contribution in [2.24, 2.45) is 0 Å². The number of ketones is 1. The highest BCUT2D eigenvalue weighted by Gasteiger charge is 2.23. The molecule has 1 aromatic heterocycles. The number of rotatable bonds is 6. The van der Waals surface area contributed by atoms with E-state index in [1.165, 1.54) is 20.5 Å². The van der Waals surface area contributed by atoms with E-state index >= 15 is 0 Å². The van der Waals surface area contributed by atoms with Crippen LogP contribution in [0.2, 0.25) is 0 Å². The summed E-state index contributed by atoms with van der Waals surface area (Å²) in [6, 6.07) is 8.28. The summed E-state index contributed by atoms with van der Waals surface area (Å²) >= 11 is 0. The number of benzene rings is 2. The Morgan fingerprint density at radius 1 is 1.11 bits per heavy atom. The van der Waals surface area contributed by atoms with Crippen LogP contribution in [0.4, 0.5) is 0 Å². The monoisotopic (exact) mass is 391 g/mol. The minimum Gasteiger partial charge on any atom is -0.508 e. The van der Waals surface area contributed by atoms with Gasteiger partial charge in [-0.1, -0.05) is 0 Å². The van der Waals surface area contributed by atoms with Gasteiger partial charge in [-0.2, -0.15) is 0 Å². The Bertz CT molecular complexity index is 964. The standard InChI is InChI=1S/C20H21NO5.ClH/c1-21(2)10-14-16(22)6-8-18-19(14)15(11-26-18)20(23)13-9-12(24-3)5-7-17(13)25-4;/h5-9,11,22H,10H2,1-4H3;1H. The predicted octanol–water partition coefficient (Wildman–Crippen LogP) is 3.87. The highest BCUT2D eigenvalue weighted by molar-refractivity contribution is 6.18. The molecule has 1 N–H and O–H groups in total. The SMILES string of the molecule is COc1ccc(OC)c(C(=O)c2coc3ccc(O)c(CN(C)C)c23)c1.Cl. The van der Waals surface area contributed by atoms with E-state index in [0.717, 1.165) is 0 Å². The van der Waals surface area contributed by atoms with Gasteiger partial charge in [0.2, 0.25) is 5.78 Å². The zero-order valence-electron chi connectivity index (χ0n) is 15.6. The fourth-order valence-electron chi connectivity index (χ4n) is 2.97. The number of carbonyl (C=O) groups is 1. The lowest BCUT2D eigenvalue weighted by Crippen LogP contribution is -2.12. The first-order valence-corrected chi connectivity index (χ1v) is 8.09. The van der Waals surface area contributed by atoms with E-state index in [-0.39, 0.29) is 23.9 Å². The Morgan fingerprint density at radius 3 is 2.48 bits per heavy atom. The molecule has 1 heterocycles. The number of phenolic OH excluding ortho intramolecular Hbond substituents is 1. The molecular weight excluding hydrogens is 370 g/mol. The summed E-state index contributed by atoms with van der Waals surface area (Å²) in [7, 11) is 6.84. The van der Waals surface area contributed by atoms with Crippen LogP contribution < -0.4 is 9.47 Å². The van der Waals surface area contributed by atoms with Crippen molar-refractivity contribution in [2.45, 2.75) is 6.54 Å². The first-order chi connectivity index (χ1) is 12.5. The molecule has 3 aromatic rings. The predicted molar refractivity (Wildman–Crippen MR) is 105 cm³/mol. The van der Waals surface area contributed by atoms with Crippen LogP contribution in [-0.4, -0.2) is 44.1 Å². The van der Waals surface area contributed by atoms with Crippen LogP contribution in [-0.2, 0) is 6.54 Å². The number of aromatic hydroxyl groups is 1. The molecule has 0 spiro atoms. The zero-order valence-corrected chi connectivity index (χ0v) is 16.4. The quantitative estimate of drug-likeness (QED) is 0.643. The lowest BCUT2D eigenvalue weighted by Gasteiger charge is -2.13. The van der Waals surface area contributed by atoms with Crippen LogP contribution in [0.25, 0.3) is 11.0 Å². The first-order valence-electron chi connectivity index (χ1n) is 8.09. The summed E-state index contributed by atoms with van der Waals surface area (Å²) in [6.07, 6.45) is 1.42. The molecule has 0 unspecified atom stereocenters. The van der Waals surface area contributed by atoms with Crippen molar-refractivity contribution in [3.63, 3.8) is 0 Å². The molecule has 0 atom stereocenters. The maximum atomic E-state index is 13.2. The molecule has 0 saturated carbocycles. The van der Waals surface area contributed by atoms with E-state index in [2.05, 4.69) is 0 Å². The van der Waals surface area contributed by atoms with Crippen molar-refractivity contribution in [3.05, 3.63) is 53.3 Å². The second-order valence-electron chi connectivity index (χ2n) is 6.22. The Hall–Kier alpha value is -2.70. The number of nitrogens with zero attached hydrogens (tertiary/aromatic N) is 1. The van der Waals surface area contributed by atoms with Crippen molar-refractivity contribution >= 4 is 29.2 Å². The maximum absolute atomic E-state index is 13.2. The lowest BCUT2D eigenvalue weighted by atomic mass is 9.98. The van der Waals surface area contributed by atoms with Crippen molar-refractivity contribution in [3.8, 4) is 17.2 Å². The van der Waals surface area contributed by atoms with Gasteiger partial charge in [-0.3, -0.25) is 4.79 Å². The summed E-state index contributed by atoms with van der Waals surface area (Å²) in [5, 5.41) is 10.9. The van der Waals surface area contributed by atoms with E-state index in [4.69, 9.17) is 13.9 Å². The summed E-state index contributed by atoms with van der Waals surface area (Å²) in [6.45, 7) is 0.470. The van der Waals surface area contributed by atoms with E-state index in [0.29, 0.717) is 45.7 Å². The third kappa shape index (κ3) is 3.86. The number of ether oxygens (including phenoxy) is 2. The Morgan fingerprint density at radius 2 is 1.85 bits per heavy atom. The van der Waals surface area contributed by atoms with Gasteiger partial charge in [-0.05, 0) is 44.4 Å². The van der Waals surface area contributed by atoms with Gasteiger partial charge in [0.05, 0.1) is 25.3 Å². The molecule has 27 heavy (non-hydrogen) atoms. The summed E-state index contributed by atoms with van der Waals surface area (Å²) in [4.78, 5) is 15.1. The van der Waals surface area contributed by atoms with Gasteiger partial charge in [0.15, 0.2) is 0 Å². The Kier molecular flexibility index (Phi) is 6.36. The lowest BCUT2D eigenvalue weighted by molar-refractivity contribution is 0.103. The number of fused-ring (bicyclic) bond motifs is 1.